The third kappa shape index (κ3) is 3.17. The van der Waals surface area contributed by atoms with E-state index in [1.807, 2.05) is 17.5 Å². The van der Waals surface area contributed by atoms with E-state index < -0.39 is 0 Å². The Bertz CT molecular complexity index is 425. The molecule has 0 bridgehead atoms. The predicted octanol–water partition coefficient (Wildman–Crippen LogP) is 3.98. The monoisotopic (exact) mass is 307 g/mol. The Morgan fingerprint density at radius 3 is 2.81 bits per heavy atom. The van der Waals surface area contributed by atoms with Gasteiger partial charge in [0.25, 0.3) is 0 Å². The lowest BCUT2D eigenvalue weighted by molar-refractivity contribution is 0.0202. The molecule has 1 aliphatic heterocycles. The predicted molar refractivity (Wildman–Crippen MR) is 89.7 cm³/mol. The average molecular weight is 308 g/mol. The molecule has 0 aromatic carbocycles. The largest absolute Gasteiger partial charge is 0.308 e. The molecular weight excluding hydrogens is 278 g/mol. The van der Waals surface area contributed by atoms with Gasteiger partial charge in [0.15, 0.2) is 0 Å². The fourth-order valence-electron chi connectivity index (χ4n) is 4.24. The Labute approximate surface area is 133 Å². The SMILES string of the molecule is CCC1CNC2(CCCCC2)CN1C(CC)c1nccs1. The molecule has 1 aromatic heterocycles. The van der Waals surface area contributed by atoms with Gasteiger partial charge in [-0.3, -0.25) is 4.90 Å². The van der Waals surface area contributed by atoms with E-state index in [1.165, 1.54) is 56.5 Å². The number of nitrogens with one attached hydrogen (secondary N) is 1. The maximum absolute atomic E-state index is 4.62. The van der Waals surface area contributed by atoms with Crippen molar-refractivity contribution in [3.05, 3.63) is 16.6 Å². The van der Waals surface area contributed by atoms with Crippen molar-refractivity contribution in [2.45, 2.75) is 76.4 Å². The molecule has 2 heterocycles. The summed E-state index contributed by atoms with van der Waals surface area (Å²) in [6.45, 7) is 7.00. The van der Waals surface area contributed by atoms with Crippen LogP contribution in [0.4, 0.5) is 0 Å². The molecule has 0 radical (unpaired) electrons. The molecule has 4 heteroatoms. The quantitative estimate of drug-likeness (QED) is 0.912. The molecular formula is C17H29N3S. The Balaban J connectivity index is 1.81. The van der Waals surface area contributed by atoms with Crippen LogP contribution < -0.4 is 5.32 Å². The Kier molecular flexibility index (Phi) is 4.97. The van der Waals surface area contributed by atoms with E-state index in [0.29, 0.717) is 17.6 Å². The maximum Gasteiger partial charge on any atom is 0.110 e. The van der Waals surface area contributed by atoms with Crippen LogP contribution >= 0.6 is 11.3 Å². The van der Waals surface area contributed by atoms with Crippen LogP contribution in [0.3, 0.4) is 0 Å². The standard InChI is InChI=1S/C17H29N3S/c1-3-14-12-19-17(8-6-5-7-9-17)13-20(14)15(4-2)16-18-10-11-21-16/h10-11,14-15,19H,3-9,12-13H2,1-2H3. The van der Waals surface area contributed by atoms with Gasteiger partial charge in [-0.25, -0.2) is 4.98 Å². The summed E-state index contributed by atoms with van der Waals surface area (Å²) in [6, 6.07) is 1.17. The number of rotatable bonds is 4. The molecule has 1 spiro atoms. The van der Waals surface area contributed by atoms with Crippen molar-refractivity contribution < 1.29 is 0 Å². The van der Waals surface area contributed by atoms with Crippen molar-refractivity contribution in [1.29, 1.82) is 0 Å². The first kappa shape index (κ1) is 15.4. The van der Waals surface area contributed by atoms with Gasteiger partial charge < -0.3 is 5.32 Å². The summed E-state index contributed by atoms with van der Waals surface area (Å²) in [5.74, 6) is 0. The molecule has 21 heavy (non-hydrogen) atoms. The molecule has 2 fully saturated rings. The molecule has 3 nitrogen and oxygen atoms in total. The van der Waals surface area contributed by atoms with E-state index in [1.54, 1.807) is 0 Å². The second-order valence-electron chi connectivity index (χ2n) is 6.75. The third-order valence-electron chi connectivity index (χ3n) is 5.47. The highest BCUT2D eigenvalue weighted by atomic mass is 32.1. The summed E-state index contributed by atoms with van der Waals surface area (Å²) in [7, 11) is 0. The van der Waals surface area contributed by atoms with Crippen molar-refractivity contribution in [1.82, 2.24) is 15.2 Å². The molecule has 2 aliphatic rings. The smallest absolute Gasteiger partial charge is 0.110 e. The van der Waals surface area contributed by atoms with Crippen molar-refractivity contribution >= 4 is 11.3 Å². The fraction of sp³-hybridized carbons (Fsp3) is 0.824. The molecule has 1 aliphatic carbocycles. The van der Waals surface area contributed by atoms with Crippen LogP contribution in [0.2, 0.25) is 0 Å². The summed E-state index contributed by atoms with van der Waals surface area (Å²) in [5, 5.41) is 7.36. The molecule has 1 aromatic rings. The maximum atomic E-state index is 4.62. The first-order valence-corrected chi connectivity index (χ1v) is 9.56. The summed E-state index contributed by atoms with van der Waals surface area (Å²) < 4.78 is 0. The molecule has 3 rings (SSSR count). The summed E-state index contributed by atoms with van der Waals surface area (Å²) in [6.07, 6.45) is 11.3. The van der Waals surface area contributed by atoms with Gasteiger partial charge in [0.1, 0.15) is 5.01 Å². The van der Waals surface area contributed by atoms with Gasteiger partial charge in [0.05, 0.1) is 6.04 Å². The molecule has 1 saturated carbocycles. The minimum atomic E-state index is 0.384. The first-order valence-electron chi connectivity index (χ1n) is 8.68. The topological polar surface area (TPSA) is 28.2 Å². The minimum Gasteiger partial charge on any atom is -0.308 e. The lowest BCUT2D eigenvalue weighted by atomic mass is 9.78. The second kappa shape index (κ2) is 6.76. The lowest BCUT2D eigenvalue weighted by Crippen LogP contribution is -2.65. The van der Waals surface area contributed by atoms with Gasteiger partial charge in [0, 0.05) is 36.2 Å². The van der Waals surface area contributed by atoms with Gasteiger partial charge in [-0.05, 0) is 25.7 Å². The van der Waals surface area contributed by atoms with E-state index in [0.717, 1.165) is 6.54 Å². The highest BCUT2D eigenvalue weighted by molar-refractivity contribution is 7.09. The van der Waals surface area contributed by atoms with E-state index in [9.17, 15) is 0 Å². The van der Waals surface area contributed by atoms with Crippen molar-refractivity contribution in [3.8, 4) is 0 Å². The van der Waals surface area contributed by atoms with Gasteiger partial charge in [0.2, 0.25) is 0 Å². The molecule has 2 unspecified atom stereocenters. The van der Waals surface area contributed by atoms with Crippen LogP contribution in [0.25, 0.3) is 0 Å². The summed E-state index contributed by atoms with van der Waals surface area (Å²) in [4.78, 5) is 7.40. The average Bonchev–Trinajstić information content (AvgIpc) is 3.03. The molecule has 1 saturated heterocycles. The van der Waals surface area contributed by atoms with Crippen LogP contribution in [0.5, 0.6) is 0 Å². The highest BCUT2D eigenvalue weighted by Crippen LogP contribution is 2.37. The Hall–Kier alpha value is -0.450. The summed E-state index contributed by atoms with van der Waals surface area (Å²) in [5.41, 5.74) is 0.384. The zero-order valence-corrected chi connectivity index (χ0v) is 14.3. The van der Waals surface area contributed by atoms with Crippen molar-refractivity contribution in [2.24, 2.45) is 0 Å². The Morgan fingerprint density at radius 1 is 1.38 bits per heavy atom. The van der Waals surface area contributed by atoms with Crippen LogP contribution in [0.1, 0.15) is 69.8 Å². The van der Waals surface area contributed by atoms with Crippen LogP contribution in [0, 0.1) is 0 Å². The minimum absolute atomic E-state index is 0.384. The van der Waals surface area contributed by atoms with Gasteiger partial charge in [-0.15, -0.1) is 11.3 Å². The number of nitrogens with zero attached hydrogens (tertiary/aromatic N) is 2. The number of piperazine rings is 1. The van der Waals surface area contributed by atoms with Gasteiger partial charge >= 0.3 is 0 Å². The molecule has 0 amide bonds. The third-order valence-corrected chi connectivity index (χ3v) is 6.35. The van der Waals surface area contributed by atoms with Crippen LogP contribution in [0.15, 0.2) is 11.6 Å². The molecule has 2 atom stereocenters. The van der Waals surface area contributed by atoms with Gasteiger partial charge in [-0.1, -0.05) is 33.1 Å². The number of aromatic nitrogens is 1. The lowest BCUT2D eigenvalue weighted by Gasteiger charge is -2.51. The zero-order valence-electron chi connectivity index (χ0n) is 13.5. The van der Waals surface area contributed by atoms with E-state index in [-0.39, 0.29) is 0 Å². The van der Waals surface area contributed by atoms with Crippen molar-refractivity contribution in [2.75, 3.05) is 13.1 Å². The first-order chi connectivity index (χ1) is 10.3. The molecule has 118 valence electrons. The summed E-state index contributed by atoms with van der Waals surface area (Å²) >= 11 is 1.82. The highest BCUT2D eigenvalue weighted by Gasteiger charge is 2.42. The van der Waals surface area contributed by atoms with Crippen molar-refractivity contribution in [3.63, 3.8) is 0 Å². The second-order valence-corrected chi connectivity index (χ2v) is 7.68. The van der Waals surface area contributed by atoms with Crippen LogP contribution in [-0.4, -0.2) is 34.6 Å². The zero-order chi connectivity index (χ0) is 14.7. The van der Waals surface area contributed by atoms with E-state index >= 15 is 0 Å². The normalized spacial score (nSPS) is 27.8. The number of hydrogen-bond acceptors (Lipinski definition) is 4. The van der Waals surface area contributed by atoms with Gasteiger partial charge in [-0.2, -0.15) is 0 Å². The fourth-order valence-corrected chi connectivity index (χ4v) is 5.09. The molecule has 1 N–H and O–H groups in total. The van der Waals surface area contributed by atoms with E-state index in [2.05, 4.69) is 34.4 Å². The number of hydrogen-bond donors (Lipinski definition) is 1. The van der Waals surface area contributed by atoms with E-state index in [4.69, 9.17) is 0 Å². The Morgan fingerprint density at radius 2 is 2.19 bits per heavy atom. The van der Waals surface area contributed by atoms with Crippen LogP contribution in [-0.2, 0) is 0 Å². The number of thiazole rings is 1.